The van der Waals surface area contributed by atoms with Crippen LogP contribution in [0, 0.1) is 5.92 Å². The maximum Gasteiger partial charge on any atom is 0.317 e. The number of thioether (sulfide) groups is 1. The quantitative estimate of drug-likeness (QED) is 0.830. The number of carbonyl (C=O) groups is 1. The normalized spacial score (nSPS) is 19.1. The Kier molecular flexibility index (Phi) is 7.17. The maximum atomic E-state index is 12.2. The lowest BCUT2D eigenvalue weighted by molar-refractivity contribution is 0.204. The minimum atomic E-state index is 0.0864. The number of urea groups is 1. The van der Waals surface area contributed by atoms with Crippen molar-refractivity contribution in [2.45, 2.75) is 25.1 Å². The Morgan fingerprint density at radius 1 is 1.61 bits per heavy atom. The second kappa shape index (κ2) is 9.13. The van der Waals surface area contributed by atoms with E-state index >= 15 is 0 Å². The van der Waals surface area contributed by atoms with E-state index in [0.29, 0.717) is 11.2 Å². The minimum absolute atomic E-state index is 0.0864. The Morgan fingerprint density at radius 2 is 2.43 bits per heavy atom. The Bertz CT molecular complexity index is 485. The van der Waals surface area contributed by atoms with E-state index < -0.39 is 0 Å². The molecule has 2 atom stereocenters. The van der Waals surface area contributed by atoms with Crippen LogP contribution in [0.3, 0.4) is 0 Å². The summed E-state index contributed by atoms with van der Waals surface area (Å²) in [5.41, 5.74) is 1.23. The molecule has 0 aromatic carbocycles. The van der Waals surface area contributed by atoms with Gasteiger partial charge in [-0.15, -0.1) is 0 Å². The van der Waals surface area contributed by atoms with Crippen molar-refractivity contribution < 1.29 is 4.79 Å². The monoisotopic (exact) mass is 336 g/mol. The van der Waals surface area contributed by atoms with Crippen molar-refractivity contribution in [2.75, 3.05) is 39.5 Å². The van der Waals surface area contributed by atoms with Crippen LogP contribution in [0.2, 0.25) is 0 Å². The predicted octanol–water partition coefficient (Wildman–Crippen LogP) is 2.30. The van der Waals surface area contributed by atoms with Crippen molar-refractivity contribution in [3.05, 3.63) is 30.1 Å². The summed E-state index contributed by atoms with van der Waals surface area (Å²) in [4.78, 5) is 20.6. The SMILES string of the molecule is CS[C@H](C)CNC(=O)N1CC[C@@H](CN(C)Cc2cccnc2)C1. The molecule has 128 valence electrons. The van der Waals surface area contributed by atoms with Gasteiger partial charge in [-0.3, -0.25) is 4.98 Å². The molecule has 1 fully saturated rings. The van der Waals surface area contributed by atoms with Crippen LogP contribution in [-0.2, 0) is 6.54 Å². The summed E-state index contributed by atoms with van der Waals surface area (Å²) in [6, 6.07) is 4.16. The molecular formula is C17H28N4OS. The lowest BCUT2D eigenvalue weighted by Crippen LogP contribution is -2.41. The first-order valence-electron chi connectivity index (χ1n) is 8.21. The summed E-state index contributed by atoms with van der Waals surface area (Å²) in [6.45, 7) is 6.51. The topological polar surface area (TPSA) is 48.5 Å². The molecule has 0 spiro atoms. The van der Waals surface area contributed by atoms with Gasteiger partial charge in [-0.25, -0.2) is 4.79 Å². The zero-order valence-corrected chi connectivity index (χ0v) is 15.2. The van der Waals surface area contributed by atoms with E-state index in [9.17, 15) is 4.79 Å². The number of nitrogens with zero attached hydrogens (tertiary/aromatic N) is 3. The van der Waals surface area contributed by atoms with Crippen LogP contribution in [0.4, 0.5) is 4.79 Å². The minimum Gasteiger partial charge on any atom is -0.337 e. The number of hydrogen-bond acceptors (Lipinski definition) is 4. The number of pyridine rings is 1. The average Bonchev–Trinajstić information content (AvgIpc) is 3.01. The predicted molar refractivity (Wildman–Crippen MR) is 96.6 cm³/mol. The molecule has 0 saturated carbocycles. The molecule has 5 nitrogen and oxygen atoms in total. The Balaban J connectivity index is 1.71. The molecule has 1 aliphatic heterocycles. The number of rotatable bonds is 7. The molecule has 0 aliphatic carbocycles. The van der Waals surface area contributed by atoms with E-state index in [4.69, 9.17) is 0 Å². The summed E-state index contributed by atoms with van der Waals surface area (Å²) >= 11 is 1.77. The molecule has 1 aromatic rings. The lowest BCUT2D eigenvalue weighted by atomic mass is 10.1. The van der Waals surface area contributed by atoms with Gasteiger partial charge in [-0.2, -0.15) is 11.8 Å². The van der Waals surface area contributed by atoms with Crippen molar-refractivity contribution in [1.29, 1.82) is 0 Å². The molecule has 1 aromatic heterocycles. The van der Waals surface area contributed by atoms with Crippen molar-refractivity contribution in [1.82, 2.24) is 20.1 Å². The van der Waals surface area contributed by atoms with Crippen LogP contribution in [0.15, 0.2) is 24.5 Å². The molecule has 2 rings (SSSR count). The fourth-order valence-corrected chi connectivity index (χ4v) is 3.15. The average molecular weight is 337 g/mol. The Morgan fingerprint density at radius 3 is 3.13 bits per heavy atom. The number of aromatic nitrogens is 1. The van der Waals surface area contributed by atoms with Gasteiger partial charge in [0, 0.05) is 50.4 Å². The van der Waals surface area contributed by atoms with Crippen LogP contribution < -0.4 is 5.32 Å². The van der Waals surface area contributed by atoms with Crippen molar-refractivity contribution >= 4 is 17.8 Å². The fraction of sp³-hybridized carbons (Fsp3) is 0.647. The standard InChI is InChI=1S/C17H28N4OS/c1-14(23-3)9-19-17(22)21-8-6-16(13-21)12-20(2)11-15-5-4-7-18-10-15/h4-5,7,10,14,16H,6,8-9,11-13H2,1-3H3,(H,19,22)/t14-,16+/m1/s1. The molecule has 0 radical (unpaired) electrons. The van der Waals surface area contributed by atoms with Crippen LogP contribution in [0.25, 0.3) is 0 Å². The number of hydrogen-bond donors (Lipinski definition) is 1. The van der Waals surface area contributed by atoms with Gasteiger partial charge in [0.15, 0.2) is 0 Å². The molecule has 1 aliphatic rings. The molecule has 2 heterocycles. The number of nitrogens with one attached hydrogen (secondary N) is 1. The second-order valence-corrected chi connectivity index (χ2v) is 7.67. The highest BCUT2D eigenvalue weighted by molar-refractivity contribution is 7.99. The Labute approximate surface area is 143 Å². The van der Waals surface area contributed by atoms with Crippen molar-refractivity contribution in [3.8, 4) is 0 Å². The zero-order valence-electron chi connectivity index (χ0n) is 14.4. The van der Waals surface area contributed by atoms with Gasteiger partial charge < -0.3 is 15.1 Å². The van der Waals surface area contributed by atoms with E-state index in [0.717, 1.165) is 39.1 Å². The summed E-state index contributed by atoms with van der Waals surface area (Å²) in [5, 5.41) is 3.49. The van der Waals surface area contributed by atoms with Gasteiger partial charge in [0.25, 0.3) is 0 Å². The van der Waals surface area contributed by atoms with E-state index in [-0.39, 0.29) is 6.03 Å². The number of carbonyl (C=O) groups excluding carboxylic acids is 1. The van der Waals surface area contributed by atoms with Crippen LogP contribution in [0.1, 0.15) is 18.9 Å². The summed E-state index contributed by atoms with van der Waals surface area (Å²) < 4.78 is 0. The molecule has 6 heteroatoms. The van der Waals surface area contributed by atoms with Crippen molar-refractivity contribution in [3.63, 3.8) is 0 Å². The molecule has 1 N–H and O–H groups in total. The highest BCUT2D eigenvalue weighted by Gasteiger charge is 2.27. The lowest BCUT2D eigenvalue weighted by Gasteiger charge is -2.22. The van der Waals surface area contributed by atoms with Crippen LogP contribution in [-0.4, -0.2) is 65.5 Å². The first-order chi connectivity index (χ1) is 11.1. The number of amides is 2. The Hall–Kier alpha value is -1.27. The van der Waals surface area contributed by atoms with Gasteiger partial charge >= 0.3 is 6.03 Å². The van der Waals surface area contributed by atoms with E-state index in [1.54, 1.807) is 18.0 Å². The van der Waals surface area contributed by atoms with Gasteiger partial charge in [0.1, 0.15) is 0 Å². The molecular weight excluding hydrogens is 308 g/mol. The van der Waals surface area contributed by atoms with Crippen LogP contribution >= 0.6 is 11.8 Å². The smallest absolute Gasteiger partial charge is 0.317 e. The van der Waals surface area contributed by atoms with Gasteiger partial charge in [0.05, 0.1) is 0 Å². The molecule has 1 saturated heterocycles. The van der Waals surface area contributed by atoms with E-state index in [1.807, 2.05) is 17.2 Å². The largest absolute Gasteiger partial charge is 0.337 e. The summed E-state index contributed by atoms with van der Waals surface area (Å²) in [6.07, 6.45) is 6.87. The van der Waals surface area contributed by atoms with Crippen LogP contribution in [0.5, 0.6) is 0 Å². The maximum absolute atomic E-state index is 12.2. The first kappa shape index (κ1) is 18.1. The highest BCUT2D eigenvalue weighted by Crippen LogP contribution is 2.18. The van der Waals surface area contributed by atoms with Gasteiger partial charge in [-0.1, -0.05) is 13.0 Å². The number of likely N-dealkylation sites (tertiary alicyclic amines) is 1. The second-order valence-electron chi connectivity index (χ2n) is 6.39. The first-order valence-corrected chi connectivity index (χ1v) is 9.50. The summed E-state index contributed by atoms with van der Waals surface area (Å²) in [5.74, 6) is 0.556. The molecule has 0 bridgehead atoms. The van der Waals surface area contributed by atoms with Gasteiger partial charge in [0.2, 0.25) is 0 Å². The summed E-state index contributed by atoms with van der Waals surface area (Å²) in [7, 11) is 2.13. The molecule has 2 amide bonds. The molecule has 23 heavy (non-hydrogen) atoms. The fourth-order valence-electron chi connectivity index (χ4n) is 2.90. The third-order valence-electron chi connectivity index (χ3n) is 4.26. The third kappa shape index (κ3) is 6.03. The third-order valence-corrected chi connectivity index (χ3v) is 5.23. The highest BCUT2D eigenvalue weighted by atomic mass is 32.2. The van der Waals surface area contributed by atoms with E-state index in [1.165, 1.54) is 5.56 Å². The van der Waals surface area contributed by atoms with E-state index in [2.05, 4.69) is 41.5 Å². The zero-order chi connectivity index (χ0) is 16.7. The molecule has 0 unspecified atom stereocenters. The van der Waals surface area contributed by atoms with Gasteiger partial charge in [-0.05, 0) is 37.3 Å². The van der Waals surface area contributed by atoms with Crippen molar-refractivity contribution in [2.24, 2.45) is 5.92 Å².